The molecule has 2 N–H and O–H groups in total. The average molecular weight is 248 g/mol. The second-order valence-electron chi connectivity index (χ2n) is 5.85. The van der Waals surface area contributed by atoms with Crippen LogP contribution in [0.2, 0.25) is 0 Å². The molecule has 1 saturated heterocycles. The number of nitrogens with two attached hydrogens (primary N) is 1. The maximum atomic E-state index is 6.13. The summed E-state index contributed by atoms with van der Waals surface area (Å²) < 4.78 is 2.20. The van der Waals surface area contributed by atoms with Crippen LogP contribution in [0.4, 0.5) is 0 Å². The Labute approximate surface area is 109 Å². The molecule has 18 heavy (non-hydrogen) atoms. The lowest BCUT2D eigenvalue weighted by molar-refractivity contribution is 0.184. The third-order valence-corrected chi connectivity index (χ3v) is 4.48. The fourth-order valence-corrected chi connectivity index (χ4v) is 3.31. The zero-order valence-corrected chi connectivity index (χ0v) is 11.3. The number of aromatic nitrogens is 2. The Balaban J connectivity index is 1.73. The van der Waals surface area contributed by atoms with Crippen molar-refractivity contribution in [3.8, 4) is 0 Å². The molecule has 0 aliphatic carbocycles. The predicted molar refractivity (Wildman–Crippen MR) is 72.4 cm³/mol. The number of hydrogen-bond acceptors (Lipinski definition) is 3. The molecule has 3 rings (SSSR count). The number of likely N-dealkylation sites (N-methyl/N-ethyl adjacent to an activating group) is 1. The minimum atomic E-state index is 0.152. The highest BCUT2D eigenvalue weighted by Gasteiger charge is 2.23. The molecule has 1 aromatic rings. The number of likely N-dealkylation sites (tertiary alicyclic amines) is 1. The number of imidazole rings is 1. The highest BCUT2D eigenvalue weighted by Crippen LogP contribution is 2.23. The molecular weight excluding hydrogens is 224 g/mol. The van der Waals surface area contributed by atoms with E-state index in [0.717, 1.165) is 19.3 Å². The Morgan fingerprint density at radius 1 is 1.33 bits per heavy atom. The van der Waals surface area contributed by atoms with Crippen LogP contribution in [0.25, 0.3) is 0 Å². The molecule has 2 aliphatic heterocycles. The van der Waals surface area contributed by atoms with Crippen molar-refractivity contribution in [2.45, 2.75) is 57.2 Å². The highest BCUT2D eigenvalue weighted by molar-refractivity contribution is 5.09. The van der Waals surface area contributed by atoms with Crippen LogP contribution >= 0.6 is 0 Å². The molecule has 4 nitrogen and oxygen atoms in total. The van der Waals surface area contributed by atoms with Gasteiger partial charge in [0.05, 0.1) is 11.9 Å². The van der Waals surface area contributed by atoms with Crippen LogP contribution in [0.1, 0.15) is 49.8 Å². The first-order chi connectivity index (χ1) is 8.74. The third kappa shape index (κ3) is 2.31. The summed E-state index contributed by atoms with van der Waals surface area (Å²) in [5.74, 6) is 1.20. The third-order valence-electron chi connectivity index (χ3n) is 4.48. The molecular formula is C14H24N4. The first kappa shape index (κ1) is 12.2. The van der Waals surface area contributed by atoms with Gasteiger partial charge in [0.15, 0.2) is 0 Å². The maximum Gasteiger partial charge on any atom is 0.110 e. The minimum Gasteiger partial charge on any atom is -0.319 e. The average Bonchev–Trinajstić information content (AvgIpc) is 2.76. The Morgan fingerprint density at radius 3 is 3.00 bits per heavy atom. The van der Waals surface area contributed by atoms with Crippen molar-refractivity contribution in [3.63, 3.8) is 0 Å². The van der Waals surface area contributed by atoms with E-state index in [2.05, 4.69) is 22.7 Å². The van der Waals surface area contributed by atoms with E-state index < -0.39 is 0 Å². The minimum absolute atomic E-state index is 0.152. The summed E-state index contributed by atoms with van der Waals surface area (Å²) in [6, 6.07) is 0.673. The molecule has 0 aromatic carbocycles. The summed E-state index contributed by atoms with van der Waals surface area (Å²) in [7, 11) is 2.24. The van der Waals surface area contributed by atoms with Crippen molar-refractivity contribution in [2.24, 2.45) is 5.73 Å². The van der Waals surface area contributed by atoms with Gasteiger partial charge in [0.25, 0.3) is 0 Å². The van der Waals surface area contributed by atoms with Gasteiger partial charge in [-0.05, 0) is 39.3 Å². The molecule has 1 fully saturated rings. The summed E-state index contributed by atoms with van der Waals surface area (Å²) in [5.41, 5.74) is 7.37. The van der Waals surface area contributed by atoms with Gasteiger partial charge < -0.3 is 15.2 Å². The normalized spacial score (nSPS) is 29.2. The van der Waals surface area contributed by atoms with E-state index in [1.165, 1.54) is 43.7 Å². The van der Waals surface area contributed by atoms with Gasteiger partial charge in [-0.25, -0.2) is 4.98 Å². The van der Waals surface area contributed by atoms with Crippen LogP contribution in [0, 0.1) is 0 Å². The van der Waals surface area contributed by atoms with E-state index in [-0.39, 0.29) is 6.17 Å². The van der Waals surface area contributed by atoms with Gasteiger partial charge in [-0.1, -0.05) is 6.42 Å². The monoisotopic (exact) mass is 248 g/mol. The molecule has 0 saturated carbocycles. The quantitative estimate of drug-likeness (QED) is 0.866. The first-order valence-corrected chi connectivity index (χ1v) is 7.26. The smallest absolute Gasteiger partial charge is 0.110 e. The zero-order chi connectivity index (χ0) is 12.5. The second kappa shape index (κ2) is 5.02. The van der Waals surface area contributed by atoms with Crippen molar-refractivity contribution in [1.29, 1.82) is 0 Å². The zero-order valence-electron chi connectivity index (χ0n) is 11.3. The fourth-order valence-electron chi connectivity index (χ4n) is 3.31. The van der Waals surface area contributed by atoms with Crippen LogP contribution in [-0.2, 0) is 12.8 Å². The molecule has 2 unspecified atom stereocenters. The summed E-state index contributed by atoms with van der Waals surface area (Å²) in [6.45, 7) is 1.23. The molecule has 100 valence electrons. The van der Waals surface area contributed by atoms with Crippen LogP contribution in [-0.4, -0.2) is 34.1 Å². The van der Waals surface area contributed by atoms with Gasteiger partial charge >= 0.3 is 0 Å². The summed E-state index contributed by atoms with van der Waals surface area (Å²) >= 11 is 0. The van der Waals surface area contributed by atoms with Gasteiger partial charge in [-0.15, -0.1) is 0 Å². The van der Waals surface area contributed by atoms with Gasteiger partial charge in [-0.2, -0.15) is 0 Å². The fraction of sp³-hybridized carbons (Fsp3) is 0.786. The van der Waals surface area contributed by atoms with Gasteiger partial charge in [0.2, 0.25) is 0 Å². The SMILES string of the molecule is CN1CCCCC1Cc1cn2c(n1)CCCC2N. The largest absolute Gasteiger partial charge is 0.319 e. The number of nitrogens with zero attached hydrogens (tertiary/aromatic N) is 3. The Kier molecular flexibility index (Phi) is 3.39. The van der Waals surface area contributed by atoms with Crippen molar-refractivity contribution in [1.82, 2.24) is 14.5 Å². The number of rotatable bonds is 2. The van der Waals surface area contributed by atoms with Gasteiger partial charge in [0.1, 0.15) is 5.82 Å². The van der Waals surface area contributed by atoms with Crippen LogP contribution in [0.15, 0.2) is 6.20 Å². The van der Waals surface area contributed by atoms with Gasteiger partial charge in [-0.3, -0.25) is 0 Å². The van der Waals surface area contributed by atoms with Crippen LogP contribution in [0.5, 0.6) is 0 Å². The van der Waals surface area contributed by atoms with E-state index >= 15 is 0 Å². The molecule has 2 aliphatic rings. The van der Waals surface area contributed by atoms with Crippen molar-refractivity contribution in [2.75, 3.05) is 13.6 Å². The predicted octanol–water partition coefficient (Wildman–Crippen LogP) is 1.70. The van der Waals surface area contributed by atoms with Crippen LogP contribution < -0.4 is 5.73 Å². The lowest BCUT2D eigenvalue weighted by atomic mass is 9.99. The van der Waals surface area contributed by atoms with Crippen molar-refractivity contribution in [3.05, 3.63) is 17.7 Å². The van der Waals surface area contributed by atoms with Crippen molar-refractivity contribution < 1.29 is 0 Å². The second-order valence-corrected chi connectivity index (χ2v) is 5.85. The molecule has 4 heteroatoms. The Bertz CT molecular complexity index is 412. The Hall–Kier alpha value is -0.870. The molecule has 1 aromatic heterocycles. The van der Waals surface area contributed by atoms with E-state index in [1.54, 1.807) is 0 Å². The van der Waals surface area contributed by atoms with Crippen LogP contribution in [0.3, 0.4) is 0 Å². The summed E-state index contributed by atoms with van der Waals surface area (Å²) in [6.07, 6.45) is 10.8. The number of fused-ring (bicyclic) bond motifs is 1. The van der Waals surface area contributed by atoms with E-state index in [9.17, 15) is 0 Å². The molecule has 2 atom stereocenters. The first-order valence-electron chi connectivity index (χ1n) is 7.26. The molecule has 0 spiro atoms. The molecule has 0 bridgehead atoms. The Morgan fingerprint density at radius 2 is 2.22 bits per heavy atom. The topological polar surface area (TPSA) is 47.1 Å². The summed E-state index contributed by atoms with van der Waals surface area (Å²) in [4.78, 5) is 7.27. The number of piperidine rings is 1. The number of hydrogen-bond donors (Lipinski definition) is 1. The van der Waals surface area contributed by atoms with Gasteiger partial charge in [0, 0.05) is 25.1 Å². The standard InChI is InChI=1S/C14H24N4/c1-17-8-3-2-5-12(17)9-11-10-18-13(15)6-4-7-14(18)16-11/h10,12-13H,2-9,15H2,1H3. The maximum absolute atomic E-state index is 6.13. The van der Waals surface area contributed by atoms with E-state index in [4.69, 9.17) is 10.7 Å². The van der Waals surface area contributed by atoms with E-state index in [0.29, 0.717) is 6.04 Å². The van der Waals surface area contributed by atoms with E-state index in [1.807, 2.05) is 0 Å². The summed E-state index contributed by atoms with van der Waals surface area (Å²) in [5, 5.41) is 0. The lowest BCUT2D eigenvalue weighted by Gasteiger charge is -2.31. The van der Waals surface area contributed by atoms with Crippen molar-refractivity contribution >= 4 is 0 Å². The number of aryl methyl sites for hydroxylation is 1. The molecule has 3 heterocycles. The molecule has 0 amide bonds. The molecule has 0 radical (unpaired) electrons. The highest BCUT2D eigenvalue weighted by atomic mass is 15.2. The lowest BCUT2D eigenvalue weighted by Crippen LogP contribution is -2.37.